The molecule has 11 heteroatoms. The number of allylic oxidation sites excluding steroid dienone is 2. The quantitative estimate of drug-likeness (QED) is 0.661. The zero-order chi connectivity index (χ0) is 19.8. The number of sulfonamides is 1. The molecule has 2 aliphatic rings. The number of ether oxygens (including phenoxy) is 1. The van der Waals surface area contributed by atoms with Gasteiger partial charge in [0.2, 0.25) is 10.0 Å². The van der Waals surface area contributed by atoms with Crippen LogP contribution < -0.4 is 15.2 Å². The Morgan fingerprint density at radius 1 is 1.29 bits per heavy atom. The van der Waals surface area contributed by atoms with Gasteiger partial charge >= 0.3 is 0 Å². The molecule has 0 bridgehead atoms. The minimum atomic E-state index is -4.09. The lowest BCUT2D eigenvalue weighted by atomic mass is 9.98. The van der Waals surface area contributed by atoms with Crippen LogP contribution in [0.5, 0.6) is 5.75 Å². The Morgan fingerprint density at radius 2 is 1.96 bits per heavy atom. The van der Waals surface area contributed by atoms with Crippen molar-refractivity contribution in [1.29, 1.82) is 0 Å². The summed E-state index contributed by atoms with van der Waals surface area (Å²) < 4.78 is 53.7. The molecule has 154 valence electrons. The molecule has 0 aromatic heterocycles. The molecule has 0 fully saturated rings. The number of fused-ring (bicyclic) bond motifs is 1. The highest BCUT2D eigenvalue weighted by Gasteiger charge is 2.44. The minimum Gasteiger partial charge on any atom is -0.496 e. The molecule has 28 heavy (non-hydrogen) atoms. The summed E-state index contributed by atoms with van der Waals surface area (Å²) in [6.45, 7) is 2.44. The van der Waals surface area contributed by atoms with Gasteiger partial charge in [-0.25, -0.2) is 22.0 Å². The highest BCUT2D eigenvalue weighted by molar-refractivity contribution is 8.25. The highest BCUT2D eigenvalue weighted by Crippen LogP contribution is 2.50. The number of sulfone groups is 1. The number of methoxy groups -OCH3 is 1. The van der Waals surface area contributed by atoms with E-state index in [0.717, 1.165) is 22.7 Å². The third kappa shape index (κ3) is 4.25. The largest absolute Gasteiger partial charge is 0.496 e. The summed E-state index contributed by atoms with van der Waals surface area (Å²) in [7, 11) is -6.22. The summed E-state index contributed by atoms with van der Waals surface area (Å²) in [6.07, 6.45) is 1.66. The summed E-state index contributed by atoms with van der Waals surface area (Å²) in [5.41, 5.74) is 2.17. The van der Waals surface area contributed by atoms with Crippen LogP contribution in [0.15, 0.2) is 56.8 Å². The summed E-state index contributed by atoms with van der Waals surface area (Å²) in [4.78, 5) is 0. The van der Waals surface area contributed by atoms with Gasteiger partial charge in [0.15, 0.2) is 9.84 Å². The SMILES string of the molecule is CCNC1=C2C(Cc3ccccc3OC)=C(S(N)(=O)=O)SC2S(=O)(=O)C=C1.Cl. The second-order valence-electron chi connectivity index (χ2n) is 6.00. The van der Waals surface area contributed by atoms with Crippen LogP contribution in [0.4, 0.5) is 0 Å². The number of para-hydroxylation sites is 1. The van der Waals surface area contributed by atoms with Crippen molar-refractivity contribution >= 4 is 44.0 Å². The molecule has 3 rings (SSSR count). The van der Waals surface area contributed by atoms with Crippen LogP contribution in [0.25, 0.3) is 0 Å². The Kier molecular flexibility index (Phi) is 6.93. The van der Waals surface area contributed by atoms with Crippen LogP contribution in [0.1, 0.15) is 12.5 Å². The monoisotopic (exact) mass is 464 g/mol. The summed E-state index contributed by atoms with van der Waals surface area (Å²) in [5.74, 6) is 0.590. The van der Waals surface area contributed by atoms with Gasteiger partial charge in [-0.2, -0.15) is 0 Å². The number of rotatable bonds is 6. The highest BCUT2D eigenvalue weighted by atomic mass is 35.5. The Labute approximate surface area is 175 Å². The van der Waals surface area contributed by atoms with Crippen molar-refractivity contribution in [2.45, 2.75) is 17.9 Å². The maximum absolute atomic E-state index is 12.6. The van der Waals surface area contributed by atoms with E-state index in [1.807, 2.05) is 19.1 Å². The molecule has 2 heterocycles. The van der Waals surface area contributed by atoms with Gasteiger partial charge in [0.1, 0.15) is 14.6 Å². The normalized spacial score (nSPS) is 20.6. The lowest BCUT2D eigenvalue weighted by molar-refractivity contribution is 0.410. The van der Waals surface area contributed by atoms with Gasteiger partial charge in [-0.05, 0) is 30.2 Å². The maximum Gasteiger partial charge on any atom is 0.244 e. The average Bonchev–Trinajstić information content (AvgIpc) is 2.99. The van der Waals surface area contributed by atoms with E-state index in [1.54, 1.807) is 12.1 Å². The number of hydrogen-bond acceptors (Lipinski definition) is 7. The van der Waals surface area contributed by atoms with E-state index in [4.69, 9.17) is 9.88 Å². The predicted molar refractivity (Wildman–Crippen MR) is 114 cm³/mol. The molecule has 1 unspecified atom stereocenters. The second-order valence-corrected chi connectivity index (χ2v) is 11.1. The number of hydrogen-bond donors (Lipinski definition) is 2. The standard InChI is InChI=1S/C17H20N2O5S3.ClH/c1-3-19-13-8-9-26(20,21)17-15(13)12(16(25-17)27(18,22)23)10-11-6-4-5-7-14(11)24-2;/h4-9,17,19H,3,10H2,1-2H3,(H2,18,22,23);1H. The van der Waals surface area contributed by atoms with E-state index < -0.39 is 24.4 Å². The Bertz CT molecular complexity index is 1080. The zero-order valence-electron chi connectivity index (χ0n) is 15.2. The molecule has 1 aromatic rings. The minimum absolute atomic E-state index is 0. The first-order valence-corrected chi connectivity index (χ1v) is 12.2. The zero-order valence-corrected chi connectivity index (χ0v) is 18.5. The molecule has 0 aliphatic carbocycles. The van der Waals surface area contributed by atoms with Gasteiger partial charge < -0.3 is 10.1 Å². The third-order valence-corrected chi connectivity index (χ3v) is 9.32. The van der Waals surface area contributed by atoms with E-state index in [1.165, 1.54) is 13.2 Å². The van der Waals surface area contributed by atoms with E-state index >= 15 is 0 Å². The molecule has 3 N–H and O–H groups in total. The van der Waals surface area contributed by atoms with Crippen LogP contribution in [-0.2, 0) is 26.3 Å². The van der Waals surface area contributed by atoms with Gasteiger partial charge in [0, 0.05) is 29.6 Å². The van der Waals surface area contributed by atoms with Crippen molar-refractivity contribution in [1.82, 2.24) is 5.32 Å². The molecular weight excluding hydrogens is 444 g/mol. The summed E-state index contributed by atoms with van der Waals surface area (Å²) in [5, 5.41) is 9.66. The van der Waals surface area contributed by atoms with E-state index in [-0.39, 0.29) is 23.1 Å². The summed E-state index contributed by atoms with van der Waals surface area (Å²) >= 11 is 0.768. The van der Waals surface area contributed by atoms with Gasteiger partial charge in [-0.15, -0.1) is 12.4 Å². The molecular formula is C17H21ClN2O5S3. The first kappa shape index (κ1) is 22.8. The van der Waals surface area contributed by atoms with Crippen LogP contribution >= 0.6 is 24.2 Å². The van der Waals surface area contributed by atoms with Crippen molar-refractivity contribution < 1.29 is 21.6 Å². The Balaban J connectivity index is 0.00000280. The van der Waals surface area contributed by atoms with E-state index in [2.05, 4.69) is 5.32 Å². The van der Waals surface area contributed by atoms with Crippen LogP contribution in [0, 0.1) is 0 Å². The molecule has 0 spiro atoms. The van der Waals surface area contributed by atoms with E-state index in [0.29, 0.717) is 29.1 Å². The fourth-order valence-corrected chi connectivity index (χ4v) is 7.64. The number of halogens is 1. The van der Waals surface area contributed by atoms with Gasteiger partial charge in [0.05, 0.1) is 7.11 Å². The topological polar surface area (TPSA) is 116 Å². The Hall–Kier alpha value is -1.46. The van der Waals surface area contributed by atoms with Crippen LogP contribution in [0.3, 0.4) is 0 Å². The van der Waals surface area contributed by atoms with Crippen molar-refractivity contribution in [3.05, 3.63) is 62.4 Å². The number of primary sulfonamides is 1. The lowest BCUT2D eigenvalue weighted by Gasteiger charge is -2.21. The molecule has 2 aliphatic heterocycles. The van der Waals surface area contributed by atoms with Gasteiger partial charge in [0.25, 0.3) is 0 Å². The number of benzene rings is 1. The second kappa shape index (κ2) is 8.50. The van der Waals surface area contributed by atoms with Crippen molar-refractivity contribution in [3.8, 4) is 5.75 Å². The predicted octanol–water partition coefficient (Wildman–Crippen LogP) is 2.04. The van der Waals surface area contributed by atoms with Gasteiger partial charge in [-0.1, -0.05) is 30.0 Å². The maximum atomic E-state index is 12.6. The number of nitrogens with one attached hydrogen (secondary N) is 1. The molecule has 0 radical (unpaired) electrons. The fourth-order valence-electron chi connectivity index (χ4n) is 3.11. The first-order chi connectivity index (χ1) is 12.7. The third-order valence-electron chi connectivity index (χ3n) is 4.22. The molecule has 0 amide bonds. The van der Waals surface area contributed by atoms with E-state index in [9.17, 15) is 16.8 Å². The first-order valence-electron chi connectivity index (χ1n) is 8.14. The number of thioether (sulfide) groups is 1. The van der Waals surface area contributed by atoms with Crippen molar-refractivity contribution in [3.63, 3.8) is 0 Å². The number of nitrogens with two attached hydrogens (primary N) is 1. The van der Waals surface area contributed by atoms with Crippen molar-refractivity contribution in [2.24, 2.45) is 5.14 Å². The van der Waals surface area contributed by atoms with Crippen LogP contribution in [-0.4, -0.2) is 35.1 Å². The molecule has 1 atom stereocenters. The van der Waals surface area contributed by atoms with Crippen molar-refractivity contribution in [2.75, 3.05) is 13.7 Å². The molecule has 7 nitrogen and oxygen atoms in total. The summed E-state index contributed by atoms with van der Waals surface area (Å²) in [6, 6.07) is 7.20. The van der Waals surface area contributed by atoms with Gasteiger partial charge in [-0.3, -0.25) is 0 Å². The Morgan fingerprint density at radius 3 is 2.57 bits per heavy atom. The lowest BCUT2D eigenvalue weighted by Crippen LogP contribution is -2.26. The molecule has 0 saturated carbocycles. The van der Waals surface area contributed by atoms with Crippen LogP contribution in [0.2, 0.25) is 0 Å². The molecule has 1 aromatic carbocycles. The average molecular weight is 465 g/mol. The number of likely N-dealkylation sites (N-methyl/N-ethyl adjacent to an activating group) is 1. The molecule has 0 saturated heterocycles. The fraction of sp³-hybridized carbons (Fsp3) is 0.294. The smallest absolute Gasteiger partial charge is 0.244 e.